The summed E-state index contributed by atoms with van der Waals surface area (Å²) in [7, 11) is 1.48. The van der Waals surface area contributed by atoms with Crippen LogP contribution in [0.15, 0.2) is 17.1 Å². The molecule has 4 nitrogen and oxygen atoms in total. The molecular weight excluding hydrogens is 206 g/mol. The predicted octanol–water partition coefficient (Wildman–Crippen LogP) is 2.36. The summed E-state index contributed by atoms with van der Waals surface area (Å²) >= 11 is 0. The molecule has 0 aliphatic carbocycles. The molecule has 86 valence electrons. The van der Waals surface area contributed by atoms with Crippen LogP contribution >= 0.6 is 0 Å². The van der Waals surface area contributed by atoms with E-state index in [9.17, 15) is 9.90 Å². The maximum Gasteiger partial charge on any atom is 0.235 e. The normalized spacial score (nSPS) is 10.0. The second kappa shape index (κ2) is 5.33. The molecule has 0 spiro atoms. The lowest BCUT2D eigenvalue weighted by Crippen LogP contribution is -1.98. The van der Waals surface area contributed by atoms with Crippen LogP contribution in [-0.2, 0) is 11.3 Å². The van der Waals surface area contributed by atoms with E-state index in [4.69, 9.17) is 4.74 Å². The van der Waals surface area contributed by atoms with Gasteiger partial charge in [0.25, 0.3) is 0 Å². The lowest BCUT2D eigenvalue weighted by atomic mass is 9.96. The first-order chi connectivity index (χ1) is 7.61. The van der Waals surface area contributed by atoms with Crippen LogP contribution in [0, 0.1) is 0 Å². The van der Waals surface area contributed by atoms with Gasteiger partial charge in [0.15, 0.2) is 11.5 Å². The number of aromatic hydroxyl groups is 1. The number of aliphatic imine (C=N–C) groups is 1. The zero-order valence-corrected chi connectivity index (χ0v) is 9.65. The number of hydrogen-bond acceptors (Lipinski definition) is 4. The first-order valence-corrected chi connectivity index (χ1v) is 5.04. The number of ether oxygens (including phenoxy) is 1. The molecule has 0 saturated heterocycles. The number of methoxy groups -OCH3 is 1. The van der Waals surface area contributed by atoms with Gasteiger partial charge in [-0.1, -0.05) is 19.9 Å². The Labute approximate surface area is 94.6 Å². The zero-order chi connectivity index (χ0) is 12.1. The van der Waals surface area contributed by atoms with E-state index in [0.717, 1.165) is 5.56 Å². The molecule has 1 aromatic rings. The van der Waals surface area contributed by atoms with Crippen molar-refractivity contribution in [3.8, 4) is 11.5 Å². The fourth-order valence-electron chi connectivity index (χ4n) is 1.61. The van der Waals surface area contributed by atoms with Gasteiger partial charge in [-0.15, -0.1) is 0 Å². The molecule has 0 unspecified atom stereocenters. The standard InChI is InChI=1S/C12H15NO3/c1-8(2)9-4-5-11(16-3)12(15)10(9)6-13-7-14/h4-5,8,15H,6H2,1-3H3. The number of benzene rings is 1. The summed E-state index contributed by atoms with van der Waals surface area (Å²) in [6, 6.07) is 3.58. The third kappa shape index (κ3) is 2.41. The summed E-state index contributed by atoms with van der Waals surface area (Å²) in [4.78, 5) is 13.6. The van der Waals surface area contributed by atoms with Crippen LogP contribution in [-0.4, -0.2) is 18.3 Å². The van der Waals surface area contributed by atoms with Gasteiger partial charge < -0.3 is 9.84 Å². The van der Waals surface area contributed by atoms with Gasteiger partial charge in [0.2, 0.25) is 6.08 Å². The van der Waals surface area contributed by atoms with Crippen molar-refractivity contribution in [2.75, 3.05) is 7.11 Å². The first-order valence-electron chi connectivity index (χ1n) is 5.04. The van der Waals surface area contributed by atoms with Crippen molar-refractivity contribution in [1.29, 1.82) is 0 Å². The number of phenols is 1. The van der Waals surface area contributed by atoms with Crippen LogP contribution in [0.4, 0.5) is 0 Å². The molecule has 4 heteroatoms. The van der Waals surface area contributed by atoms with E-state index in [1.165, 1.54) is 13.2 Å². The van der Waals surface area contributed by atoms with E-state index in [-0.39, 0.29) is 18.2 Å². The fraction of sp³-hybridized carbons (Fsp3) is 0.417. The molecule has 0 aliphatic rings. The quantitative estimate of drug-likeness (QED) is 0.627. The van der Waals surface area contributed by atoms with Crippen LogP contribution in [0.2, 0.25) is 0 Å². The molecule has 0 aromatic heterocycles. The summed E-state index contributed by atoms with van der Waals surface area (Å²) < 4.78 is 5.01. The van der Waals surface area contributed by atoms with Crippen molar-refractivity contribution in [2.24, 2.45) is 4.99 Å². The van der Waals surface area contributed by atoms with Crippen LogP contribution in [0.1, 0.15) is 30.9 Å². The maximum absolute atomic E-state index is 10.1. The van der Waals surface area contributed by atoms with Crippen LogP contribution in [0.3, 0.4) is 0 Å². The SMILES string of the molecule is COc1ccc(C(C)C)c(CN=C=O)c1O. The average Bonchev–Trinajstić information content (AvgIpc) is 2.26. The van der Waals surface area contributed by atoms with Crippen molar-refractivity contribution < 1.29 is 14.6 Å². The number of isocyanates is 1. The summed E-state index contributed by atoms with van der Waals surface area (Å²) in [6.07, 6.45) is 1.47. The second-order valence-corrected chi connectivity index (χ2v) is 3.75. The lowest BCUT2D eigenvalue weighted by molar-refractivity contribution is 0.370. The van der Waals surface area contributed by atoms with Crippen molar-refractivity contribution in [3.05, 3.63) is 23.3 Å². The van der Waals surface area contributed by atoms with Crippen LogP contribution in [0.25, 0.3) is 0 Å². The fourth-order valence-corrected chi connectivity index (χ4v) is 1.61. The van der Waals surface area contributed by atoms with Crippen LogP contribution in [0.5, 0.6) is 11.5 Å². The minimum atomic E-state index is 0.0488. The van der Waals surface area contributed by atoms with Gasteiger partial charge in [0.05, 0.1) is 13.7 Å². The summed E-state index contributed by atoms with van der Waals surface area (Å²) in [5, 5.41) is 9.93. The van der Waals surface area contributed by atoms with E-state index in [1.807, 2.05) is 19.9 Å². The molecule has 1 N–H and O–H groups in total. The Hall–Kier alpha value is -1.80. The van der Waals surface area contributed by atoms with Gasteiger partial charge in [-0.25, -0.2) is 9.79 Å². The molecule has 0 saturated carbocycles. The topological polar surface area (TPSA) is 58.9 Å². The second-order valence-electron chi connectivity index (χ2n) is 3.75. The monoisotopic (exact) mass is 221 g/mol. The van der Waals surface area contributed by atoms with Crippen molar-refractivity contribution in [2.45, 2.75) is 26.3 Å². The van der Waals surface area contributed by atoms with Crippen molar-refractivity contribution >= 4 is 6.08 Å². The molecule has 0 bridgehead atoms. The highest BCUT2D eigenvalue weighted by Gasteiger charge is 2.14. The minimum absolute atomic E-state index is 0.0488. The Kier molecular flexibility index (Phi) is 4.09. The van der Waals surface area contributed by atoms with Gasteiger partial charge in [-0.2, -0.15) is 0 Å². The summed E-state index contributed by atoms with van der Waals surface area (Å²) in [5.74, 6) is 0.682. The minimum Gasteiger partial charge on any atom is -0.504 e. The molecule has 0 radical (unpaired) electrons. The highest BCUT2D eigenvalue weighted by molar-refractivity contribution is 5.51. The molecule has 0 amide bonds. The van der Waals surface area contributed by atoms with Gasteiger partial charge in [0.1, 0.15) is 0 Å². The molecule has 0 atom stereocenters. The van der Waals surface area contributed by atoms with Gasteiger partial charge in [-0.3, -0.25) is 0 Å². The number of nitrogens with zero attached hydrogens (tertiary/aromatic N) is 1. The Morgan fingerprint density at radius 2 is 2.19 bits per heavy atom. The Morgan fingerprint density at radius 3 is 2.69 bits per heavy atom. The maximum atomic E-state index is 10.1. The number of carbonyl (C=O) groups excluding carboxylic acids is 1. The lowest BCUT2D eigenvalue weighted by Gasteiger charge is -2.14. The summed E-state index contributed by atoms with van der Waals surface area (Å²) in [5.41, 5.74) is 1.58. The average molecular weight is 221 g/mol. The molecule has 0 heterocycles. The van der Waals surface area contributed by atoms with Crippen molar-refractivity contribution in [3.63, 3.8) is 0 Å². The number of phenolic OH excluding ortho intramolecular Hbond substituents is 1. The first kappa shape index (κ1) is 12.3. The molecule has 1 aromatic carbocycles. The Morgan fingerprint density at radius 1 is 1.50 bits per heavy atom. The van der Waals surface area contributed by atoms with E-state index in [0.29, 0.717) is 11.3 Å². The highest BCUT2D eigenvalue weighted by atomic mass is 16.5. The molecule has 0 fully saturated rings. The summed E-state index contributed by atoms with van der Waals surface area (Å²) in [6.45, 7) is 4.14. The van der Waals surface area contributed by atoms with Gasteiger partial charge >= 0.3 is 0 Å². The van der Waals surface area contributed by atoms with E-state index in [2.05, 4.69) is 4.99 Å². The van der Waals surface area contributed by atoms with E-state index < -0.39 is 0 Å². The Balaban J connectivity index is 3.29. The van der Waals surface area contributed by atoms with Gasteiger partial charge in [-0.05, 0) is 17.5 Å². The third-order valence-electron chi connectivity index (χ3n) is 2.43. The Bertz CT molecular complexity index is 421. The number of rotatable bonds is 4. The van der Waals surface area contributed by atoms with E-state index >= 15 is 0 Å². The van der Waals surface area contributed by atoms with Gasteiger partial charge in [0, 0.05) is 5.56 Å². The third-order valence-corrected chi connectivity index (χ3v) is 2.43. The number of hydrogen-bond donors (Lipinski definition) is 1. The predicted molar refractivity (Wildman–Crippen MR) is 60.6 cm³/mol. The highest BCUT2D eigenvalue weighted by Crippen LogP contribution is 2.35. The molecular formula is C12H15NO3. The molecule has 16 heavy (non-hydrogen) atoms. The van der Waals surface area contributed by atoms with Crippen molar-refractivity contribution in [1.82, 2.24) is 0 Å². The zero-order valence-electron chi connectivity index (χ0n) is 9.65. The molecule has 1 rings (SSSR count). The molecule has 0 aliphatic heterocycles. The smallest absolute Gasteiger partial charge is 0.235 e. The van der Waals surface area contributed by atoms with E-state index in [1.54, 1.807) is 6.07 Å². The van der Waals surface area contributed by atoms with Crippen LogP contribution < -0.4 is 4.74 Å². The largest absolute Gasteiger partial charge is 0.504 e.